The number of benzene rings is 4. The molecule has 0 aliphatic heterocycles. The van der Waals surface area contributed by atoms with Gasteiger partial charge in [-0.15, -0.1) is 5.56 Å². The van der Waals surface area contributed by atoms with Crippen molar-refractivity contribution in [2.45, 2.75) is 176 Å². The molecule has 0 radical (unpaired) electrons. The van der Waals surface area contributed by atoms with Crippen LogP contribution in [0.4, 0.5) is 0 Å². The van der Waals surface area contributed by atoms with E-state index in [1.165, 1.54) is 17.5 Å². The summed E-state index contributed by atoms with van der Waals surface area (Å²) in [5.74, 6) is 3.62. The zero-order valence-electron chi connectivity index (χ0n) is 38.6. The smallest absolute Gasteiger partial charge is 0.505 e. The Morgan fingerprint density at radius 2 is 1.05 bits per heavy atom. The molecule has 0 aliphatic carbocycles. The van der Waals surface area contributed by atoms with Crippen LogP contribution in [0.3, 0.4) is 0 Å². The summed E-state index contributed by atoms with van der Waals surface area (Å²) in [5.41, 5.74) is 8.87. The van der Waals surface area contributed by atoms with E-state index in [-0.39, 0.29) is 0 Å². The summed E-state index contributed by atoms with van der Waals surface area (Å²) in [6.45, 7) is 27.7. The van der Waals surface area contributed by atoms with E-state index in [1.54, 1.807) is 0 Å². The Kier molecular flexibility index (Phi) is 18.6. The number of ether oxygens (including phenoxy) is 2. The van der Waals surface area contributed by atoms with Gasteiger partial charge in [-0.2, -0.15) is 18.6 Å². The molecule has 0 bridgehead atoms. The molecule has 4 rings (SSSR count). The average Bonchev–Trinajstić information content (AvgIpc) is 3.25. The van der Waals surface area contributed by atoms with Crippen LogP contribution in [0.5, 0.6) is 23.0 Å². The lowest BCUT2D eigenvalue weighted by Gasteiger charge is -2.30. The molecule has 4 unspecified atom stereocenters. The van der Waals surface area contributed by atoms with Crippen LogP contribution < -0.4 is 18.5 Å². The Labute approximate surface area is 365 Å². The van der Waals surface area contributed by atoms with Gasteiger partial charge in [-0.3, -0.25) is 9.05 Å². The zero-order valence-corrected chi connectivity index (χ0v) is 40.4. The summed E-state index contributed by atoms with van der Waals surface area (Å²) in [7, 11) is -4.45. The van der Waals surface area contributed by atoms with Crippen molar-refractivity contribution in [3.63, 3.8) is 0 Å². The molecular weight excluding hydrogens is 783 g/mol. The average molecular weight is 856 g/mol. The molecule has 6 nitrogen and oxygen atoms in total. The number of rotatable bonds is 25. The molecule has 4 aromatic carbocycles. The van der Waals surface area contributed by atoms with Gasteiger partial charge in [-0.05, 0) is 119 Å². The van der Waals surface area contributed by atoms with Crippen LogP contribution in [0, 0.1) is 20.8 Å². The van der Waals surface area contributed by atoms with Gasteiger partial charge in [0.2, 0.25) is 0 Å². The summed E-state index contributed by atoms with van der Waals surface area (Å²) >= 11 is 0. The second-order valence-electron chi connectivity index (χ2n) is 16.5. The third-order valence-corrected chi connectivity index (χ3v) is 15.8. The number of hydrogen-bond acceptors (Lipinski definition) is 6. The lowest BCUT2D eigenvalue weighted by molar-refractivity contribution is 0.127. The second-order valence-corrected chi connectivity index (χ2v) is 19.5. The molecule has 0 aliphatic rings. The highest BCUT2D eigenvalue weighted by atomic mass is 31.1. The minimum atomic E-state index is -2.24. The summed E-state index contributed by atoms with van der Waals surface area (Å²) < 4.78 is 54.0. The van der Waals surface area contributed by atoms with Crippen LogP contribution >= 0.6 is 16.1 Å². The molecule has 0 spiro atoms. The van der Waals surface area contributed by atoms with Crippen molar-refractivity contribution in [2.24, 2.45) is 0 Å². The summed E-state index contributed by atoms with van der Waals surface area (Å²) in [6.07, 6.45) is 10.1. The topological polar surface area (TPSA) is 71.1 Å². The quantitative estimate of drug-likeness (QED) is 0.0488. The SMILES string of the molecule is [CH2-]c1cc(C(CC)CC)cc(C)c1OC(CC)(CCC)[P+](=O)Oc1ccc(Cc2ccc(O[P+](=O)C(CC)(CC)Oc3c(C)cc(C(CC)CCC)cc3CC)cc2)cc1. The first-order valence-electron chi connectivity index (χ1n) is 22.8. The zero-order chi connectivity index (χ0) is 44.0. The molecule has 4 atom stereocenters. The van der Waals surface area contributed by atoms with Crippen LogP contribution in [0.2, 0.25) is 0 Å². The minimum Gasteiger partial charge on any atom is -0.505 e. The van der Waals surface area contributed by atoms with Crippen molar-refractivity contribution in [1.29, 1.82) is 0 Å². The van der Waals surface area contributed by atoms with E-state index >= 15 is 0 Å². The first-order chi connectivity index (χ1) is 28.8. The summed E-state index contributed by atoms with van der Waals surface area (Å²) in [6, 6.07) is 24.4. The highest BCUT2D eigenvalue weighted by Gasteiger charge is 2.54. The molecule has 326 valence electrons. The Morgan fingerprint density at radius 3 is 1.48 bits per heavy atom. The fourth-order valence-electron chi connectivity index (χ4n) is 8.44. The molecule has 0 N–H and O–H groups in total. The maximum atomic E-state index is 14.1. The van der Waals surface area contributed by atoms with E-state index < -0.39 is 26.7 Å². The number of aryl methyl sites for hydroxylation is 3. The van der Waals surface area contributed by atoms with E-state index in [4.69, 9.17) is 18.5 Å². The molecule has 0 fully saturated rings. The Bertz CT molecular complexity index is 1980. The Balaban J connectivity index is 1.43. The molecule has 60 heavy (non-hydrogen) atoms. The van der Waals surface area contributed by atoms with Gasteiger partial charge in [0.25, 0.3) is 0 Å². The van der Waals surface area contributed by atoms with Crippen molar-refractivity contribution in [3.05, 3.63) is 124 Å². The third kappa shape index (κ3) is 11.7. The van der Waals surface area contributed by atoms with Crippen LogP contribution in [0.15, 0.2) is 72.8 Å². The van der Waals surface area contributed by atoms with E-state index in [2.05, 4.69) is 86.6 Å². The summed E-state index contributed by atoms with van der Waals surface area (Å²) in [4.78, 5) is 0. The standard InChI is InChI=1S/C52H73O6P2/c1-13-22-43(17-5)46-34-39(12)50(44(18-6)36-46)56-51(19-7,20-8)59(53)57-47-27-23-40(24-28-47)35-41-25-29-48(30-26-41)58-60(54)52(21-9,31-14-2)55-49-37(10)32-45(33-38(49)11)42(15-3)16-4/h23-30,32-34,36,42-43H,10,13-22,31,35H2,1-9,11-12H3/q+1. The van der Waals surface area contributed by atoms with Gasteiger partial charge in [0.1, 0.15) is 5.75 Å². The lowest BCUT2D eigenvalue weighted by Crippen LogP contribution is -2.33. The Morgan fingerprint density at radius 1 is 0.583 bits per heavy atom. The van der Waals surface area contributed by atoms with E-state index in [9.17, 15) is 9.13 Å². The third-order valence-electron chi connectivity index (χ3n) is 12.4. The van der Waals surface area contributed by atoms with Crippen molar-refractivity contribution in [2.75, 3.05) is 0 Å². The van der Waals surface area contributed by atoms with Crippen LogP contribution in [-0.2, 0) is 22.0 Å². The predicted molar refractivity (Wildman–Crippen MR) is 252 cm³/mol. The minimum absolute atomic E-state index is 0.475. The highest BCUT2D eigenvalue weighted by Crippen LogP contribution is 2.50. The molecule has 8 heteroatoms. The van der Waals surface area contributed by atoms with Gasteiger partial charge in [-0.25, -0.2) is 0 Å². The summed E-state index contributed by atoms with van der Waals surface area (Å²) in [5, 5.41) is -1.95. The molecule has 4 aromatic rings. The normalized spacial score (nSPS) is 13.7. The van der Waals surface area contributed by atoms with Crippen LogP contribution in [0.1, 0.15) is 183 Å². The van der Waals surface area contributed by atoms with E-state index in [0.717, 1.165) is 77.7 Å². The first kappa shape index (κ1) is 48.8. The molecule has 0 aromatic heterocycles. The monoisotopic (exact) mass is 855 g/mol. The van der Waals surface area contributed by atoms with Gasteiger partial charge < -0.3 is 9.47 Å². The molecule has 0 saturated heterocycles. The first-order valence-corrected chi connectivity index (χ1v) is 25.1. The van der Waals surface area contributed by atoms with Crippen molar-refractivity contribution < 1.29 is 27.7 Å². The molecular formula is C52H73O6P2+. The van der Waals surface area contributed by atoms with Gasteiger partial charge in [0.15, 0.2) is 11.5 Å². The van der Waals surface area contributed by atoms with Crippen molar-refractivity contribution in [3.8, 4) is 23.0 Å². The van der Waals surface area contributed by atoms with Gasteiger partial charge in [0.05, 0.1) is 0 Å². The fourth-order valence-corrected chi connectivity index (χ4v) is 10.9. The predicted octanol–water partition coefficient (Wildman–Crippen LogP) is 16.7. The van der Waals surface area contributed by atoms with Gasteiger partial charge in [-0.1, -0.05) is 130 Å². The van der Waals surface area contributed by atoms with Gasteiger partial charge in [0, 0.05) is 31.4 Å². The van der Waals surface area contributed by atoms with Crippen LogP contribution in [0.25, 0.3) is 0 Å². The van der Waals surface area contributed by atoms with Gasteiger partial charge >= 0.3 is 26.7 Å². The highest BCUT2D eigenvalue weighted by molar-refractivity contribution is 7.41. The Hall–Kier alpha value is -3.85. The lowest BCUT2D eigenvalue weighted by atomic mass is 9.89. The van der Waals surface area contributed by atoms with E-state index in [0.29, 0.717) is 61.2 Å². The van der Waals surface area contributed by atoms with Crippen molar-refractivity contribution in [1.82, 2.24) is 0 Å². The maximum absolute atomic E-state index is 14.1. The number of hydrogen-bond donors (Lipinski definition) is 0. The fraction of sp³-hybridized carbons (Fsp3) is 0.519. The molecule has 0 amide bonds. The molecule has 0 heterocycles. The second kappa shape index (κ2) is 22.8. The maximum Gasteiger partial charge on any atom is 0.604 e. The van der Waals surface area contributed by atoms with Crippen molar-refractivity contribution >= 4 is 16.1 Å². The van der Waals surface area contributed by atoms with Crippen LogP contribution in [-0.4, -0.2) is 10.7 Å². The molecule has 0 saturated carbocycles. The largest absolute Gasteiger partial charge is 0.604 e. The van der Waals surface area contributed by atoms with E-state index in [1.807, 2.05) is 69.3 Å².